The molecule has 25 heavy (non-hydrogen) atoms. The maximum atomic E-state index is 6.13. The van der Waals surface area contributed by atoms with Gasteiger partial charge in [0.05, 0.1) is 0 Å². The Bertz CT molecular complexity index is 869. The zero-order chi connectivity index (χ0) is 17.2. The second-order valence-electron chi connectivity index (χ2n) is 6.31. The van der Waals surface area contributed by atoms with Crippen LogP contribution in [0.3, 0.4) is 0 Å². The number of aromatic nitrogens is 4. The van der Waals surface area contributed by atoms with Gasteiger partial charge in [0.25, 0.3) is 5.78 Å². The van der Waals surface area contributed by atoms with Crippen LogP contribution in [0.4, 0.5) is 11.5 Å². The molecule has 1 aliphatic rings. The van der Waals surface area contributed by atoms with Crippen molar-refractivity contribution in [2.24, 2.45) is 0 Å². The lowest BCUT2D eigenvalue weighted by molar-refractivity contribution is 0.643. The molecule has 1 fully saturated rings. The van der Waals surface area contributed by atoms with Crippen molar-refractivity contribution in [1.82, 2.24) is 19.6 Å². The fraction of sp³-hybridized carbons (Fsp3) is 0.389. The zero-order valence-corrected chi connectivity index (χ0v) is 15.0. The minimum atomic E-state index is 0.679. The van der Waals surface area contributed by atoms with Crippen molar-refractivity contribution >= 4 is 28.9 Å². The summed E-state index contributed by atoms with van der Waals surface area (Å²) in [6.07, 6.45) is 3.77. The van der Waals surface area contributed by atoms with Crippen LogP contribution in [0.2, 0.25) is 5.02 Å². The van der Waals surface area contributed by atoms with Gasteiger partial charge in [0.1, 0.15) is 12.1 Å². The molecule has 2 aromatic heterocycles. The molecule has 0 spiro atoms. The molecule has 0 N–H and O–H groups in total. The second-order valence-corrected chi connectivity index (χ2v) is 6.75. The molecule has 0 radical (unpaired) electrons. The number of anilines is 2. The Morgan fingerprint density at radius 1 is 1.08 bits per heavy atom. The maximum Gasteiger partial charge on any atom is 0.256 e. The van der Waals surface area contributed by atoms with Gasteiger partial charge >= 0.3 is 0 Å². The number of fused-ring (bicyclic) bond motifs is 1. The lowest BCUT2D eigenvalue weighted by Gasteiger charge is -2.37. The molecule has 1 saturated heterocycles. The van der Waals surface area contributed by atoms with Crippen LogP contribution in [0, 0.1) is 0 Å². The predicted octanol–water partition coefficient (Wildman–Crippen LogP) is 3.06. The van der Waals surface area contributed by atoms with Crippen LogP contribution in [0.1, 0.15) is 19.0 Å². The quantitative estimate of drug-likeness (QED) is 0.719. The van der Waals surface area contributed by atoms with E-state index in [2.05, 4.69) is 44.0 Å². The third kappa shape index (κ3) is 3.26. The highest BCUT2D eigenvalue weighted by Crippen LogP contribution is 2.24. The summed E-state index contributed by atoms with van der Waals surface area (Å²) in [5, 5.41) is 8.95. The first-order valence-electron chi connectivity index (χ1n) is 8.69. The van der Waals surface area contributed by atoms with Gasteiger partial charge in [-0.25, -0.2) is 4.98 Å². The molecule has 1 aliphatic heterocycles. The second kappa shape index (κ2) is 6.88. The van der Waals surface area contributed by atoms with E-state index >= 15 is 0 Å². The van der Waals surface area contributed by atoms with Crippen LogP contribution in [-0.2, 0) is 6.42 Å². The Hall–Kier alpha value is -2.34. The molecule has 0 saturated carbocycles. The van der Waals surface area contributed by atoms with Gasteiger partial charge in [0, 0.05) is 48.6 Å². The summed E-state index contributed by atoms with van der Waals surface area (Å²) in [6, 6.07) is 10.2. The zero-order valence-electron chi connectivity index (χ0n) is 14.3. The van der Waals surface area contributed by atoms with E-state index in [1.807, 2.05) is 22.6 Å². The summed E-state index contributed by atoms with van der Waals surface area (Å²) < 4.78 is 1.98. The van der Waals surface area contributed by atoms with Crippen molar-refractivity contribution in [1.29, 1.82) is 0 Å². The van der Waals surface area contributed by atoms with Gasteiger partial charge in [0.15, 0.2) is 0 Å². The van der Waals surface area contributed by atoms with E-state index in [1.54, 1.807) is 6.33 Å². The van der Waals surface area contributed by atoms with Crippen LogP contribution >= 0.6 is 11.6 Å². The Morgan fingerprint density at radius 2 is 1.88 bits per heavy atom. The third-order valence-corrected chi connectivity index (χ3v) is 4.83. The van der Waals surface area contributed by atoms with Gasteiger partial charge in [-0.05, 0) is 24.6 Å². The van der Waals surface area contributed by atoms with Gasteiger partial charge in [-0.15, -0.1) is 10.2 Å². The van der Waals surface area contributed by atoms with Crippen molar-refractivity contribution < 1.29 is 0 Å². The molecule has 0 atom stereocenters. The fourth-order valence-corrected chi connectivity index (χ4v) is 3.53. The van der Waals surface area contributed by atoms with Gasteiger partial charge in [-0.3, -0.25) is 4.40 Å². The first-order chi connectivity index (χ1) is 12.2. The molecule has 0 bridgehead atoms. The van der Waals surface area contributed by atoms with Crippen LogP contribution in [0.15, 0.2) is 36.7 Å². The average Bonchev–Trinajstić information content (AvgIpc) is 3.10. The monoisotopic (exact) mass is 356 g/mol. The summed E-state index contributed by atoms with van der Waals surface area (Å²) in [7, 11) is 0. The van der Waals surface area contributed by atoms with E-state index in [0.29, 0.717) is 5.78 Å². The molecule has 7 heteroatoms. The number of halogens is 1. The van der Waals surface area contributed by atoms with Crippen molar-refractivity contribution in [2.45, 2.75) is 19.8 Å². The molecule has 3 heterocycles. The lowest BCUT2D eigenvalue weighted by Crippen LogP contribution is -2.47. The Kier molecular flexibility index (Phi) is 4.44. The largest absolute Gasteiger partial charge is 0.368 e. The van der Waals surface area contributed by atoms with Crippen molar-refractivity contribution in [3.8, 4) is 0 Å². The Morgan fingerprint density at radius 3 is 2.64 bits per heavy atom. The number of rotatable bonds is 4. The Labute approximate surface area is 152 Å². The van der Waals surface area contributed by atoms with E-state index < -0.39 is 0 Å². The molecule has 130 valence electrons. The fourth-order valence-electron chi connectivity index (χ4n) is 3.34. The first-order valence-corrected chi connectivity index (χ1v) is 9.07. The number of hydrogen-bond donors (Lipinski definition) is 0. The molecule has 3 aromatic rings. The molecular weight excluding hydrogens is 336 g/mol. The highest BCUT2D eigenvalue weighted by atomic mass is 35.5. The van der Waals surface area contributed by atoms with E-state index in [1.165, 1.54) is 5.69 Å². The number of hydrogen-bond acceptors (Lipinski definition) is 5. The highest BCUT2D eigenvalue weighted by molar-refractivity contribution is 6.30. The predicted molar refractivity (Wildman–Crippen MR) is 101 cm³/mol. The smallest absolute Gasteiger partial charge is 0.256 e. The summed E-state index contributed by atoms with van der Waals surface area (Å²) in [4.78, 5) is 9.35. The first kappa shape index (κ1) is 16.1. The van der Waals surface area contributed by atoms with E-state index in [0.717, 1.165) is 55.6 Å². The minimum Gasteiger partial charge on any atom is -0.368 e. The van der Waals surface area contributed by atoms with E-state index in [-0.39, 0.29) is 0 Å². The summed E-state index contributed by atoms with van der Waals surface area (Å²) in [5.74, 6) is 1.81. The number of nitrogens with zero attached hydrogens (tertiary/aromatic N) is 6. The normalized spacial score (nSPS) is 15.1. The standard InChI is InChI=1S/C18H21ClN6/c1-2-4-15-12-17(25-13-20-22-18(25)21-15)24-9-7-23(8-10-24)16-6-3-5-14(19)11-16/h3,5-6,11-13H,2,4,7-10H2,1H3. The number of piperazine rings is 1. The van der Waals surface area contributed by atoms with Crippen LogP contribution < -0.4 is 9.80 Å². The topological polar surface area (TPSA) is 49.6 Å². The molecule has 1 aromatic carbocycles. The summed E-state index contributed by atoms with van der Waals surface area (Å²) in [6.45, 7) is 5.95. The lowest BCUT2D eigenvalue weighted by atomic mass is 10.2. The van der Waals surface area contributed by atoms with E-state index in [4.69, 9.17) is 11.6 Å². The van der Waals surface area contributed by atoms with Gasteiger partial charge < -0.3 is 9.80 Å². The summed E-state index contributed by atoms with van der Waals surface area (Å²) in [5.41, 5.74) is 2.26. The molecule has 6 nitrogen and oxygen atoms in total. The molecular formula is C18H21ClN6. The number of benzene rings is 1. The van der Waals surface area contributed by atoms with E-state index in [9.17, 15) is 0 Å². The summed E-state index contributed by atoms with van der Waals surface area (Å²) >= 11 is 6.13. The van der Waals surface area contributed by atoms with Gasteiger partial charge in [-0.1, -0.05) is 31.0 Å². The minimum absolute atomic E-state index is 0.679. The van der Waals surface area contributed by atoms with Crippen LogP contribution in [0.25, 0.3) is 5.78 Å². The Balaban J connectivity index is 1.56. The molecule has 4 rings (SSSR count). The van der Waals surface area contributed by atoms with Gasteiger partial charge in [0.2, 0.25) is 0 Å². The number of aryl methyl sites for hydroxylation is 1. The molecule has 0 aliphatic carbocycles. The highest BCUT2D eigenvalue weighted by Gasteiger charge is 2.20. The van der Waals surface area contributed by atoms with Gasteiger partial charge in [-0.2, -0.15) is 0 Å². The third-order valence-electron chi connectivity index (χ3n) is 4.60. The maximum absolute atomic E-state index is 6.13. The molecule has 0 amide bonds. The van der Waals surface area contributed by atoms with Crippen LogP contribution in [0.5, 0.6) is 0 Å². The van der Waals surface area contributed by atoms with Crippen molar-refractivity contribution in [2.75, 3.05) is 36.0 Å². The van der Waals surface area contributed by atoms with Crippen molar-refractivity contribution in [3.63, 3.8) is 0 Å². The molecule has 0 unspecified atom stereocenters. The average molecular weight is 357 g/mol. The van der Waals surface area contributed by atoms with Crippen molar-refractivity contribution in [3.05, 3.63) is 47.4 Å². The van der Waals surface area contributed by atoms with Crippen LogP contribution in [-0.4, -0.2) is 45.8 Å². The SMILES string of the molecule is CCCc1cc(N2CCN(c3cccc(Cl)c3)CC2)n2cnnc2n1.